The number of ether oxygens (including phenoxy) is 2. The van der Waals surface area contributed by atoms with Crippen molar-refractivity contribution in [3.8, 4) is 5.75 Å². The van der Waals surface area contributed by atoms with Gasteiger partial charge in [-0.2, -0.15) is 13.2 Å². The van der Waals surface area contributed by atoms with Crippen molar-refractivity contribution >= 4 is 17.7 Å². The fourth-order valence-electron chi connectivity index (χ4n) is 5.40. The average Bonchev–Trinajstić information content (AvgIpc) is 3.37. The predicted molar refractivity (Wildman–Crippen MR) is 134 cm³/mol. The summed E-state index contributed by atoms with van der Waals surface area (Å²) in [7, 11) is 0. The maximum absolute atomic E-state index is 13.5. The highest BCUT2D eigenvalue weighted by Crippen LogP contribution is 2.41. The minimum absolute atomic E-state index is 0.00548. The van der Waals surface area contributed by atoms with Gasteiger partial charge in [0.25, 0.3) is 0 Å². The number of aryl methyl sites for hydroxylation is 2. The lowest BCUT2D eigenvalue weighted by atomic mass is 10.0. The Hall–Kier alpha value is -3.23. The van der Waals surface area contributed by atoms with Crippen LogP contribution in [0.2, 0.25) is 0 Å². The van der Waals surface area contributed by atoms with Crippen molar-refractivity contribution in [3.63, 3.8) is 0 Å². The topological polar surface area (TPSA) is 59.1 Å². The molecule has 2 aromatic carbocycles. The number of amides is 2. The predicted octanol–water partition coefficient (Wildman–Crippen LogP) is 6.41. The van der Waals surface area contributed by atoms with Crippen LogP contribution in [0, 0.1) is 13.8 Å². The molecule has 6 nitrogen and oxygen atoms in total. The van der Waals surface area contributed by atoms with Gasteiger partial charge in [-0.05, 0) is 94.8 Å². The lowest BCUT2D eigenvalue weighted by Crippen LogP contribution is -2.40. The van der Waals surface area contributed by atoms with E-state index < -0.39 is 23.3 Å². The van der Waals surface area contributed by atoms with E-state index in [1.165, 1.54) is 12.1 Å². The van der Waals surface area contributed by atoms with Gasteiger partial charge in [0.05, 0.1) is 24.3 Å². The van der Waals surface area contributed by atoms with Crippen molar-refractivity contribution < 1.29 is 32.2 Å². The van der Waals surface area contributed by atoms with E-state index in [2.05, 4.69) is 0 Å². The summed E-state index contributed by atoms with van der Waals surface area (Å²) in [6.07, 6.45) is -1.82. The van der Waals surface area contributed by atoms with Gasteiger partial charge < -0.3 is 14.4 Å². The van der Waals surface area contributed by atoms with Crippen LogP contribution in [0.15, 0.2) is 36.4 Å². The van der Waals surface area contributed by atoms with E-state index >= 15 is 0 Å². The number of hydrogen-bond acceptors (Lipinski definition) is 4. The molecule has 0 radical (unpaired) electrons. The number of fused-ring (bicyclic) bond motifs is 1. The van der Waals surface area contributed by atoms with Gasteiger partial charge in [-0.15, -0.1) is 0 Å². The first kappa shape index (κ1) is 26.8. The molecule has 1 saturated heterocycles. The second-order valence-corrected chi connectivity index (χ2v) is 10.3. The van der Waals surface area contributed by atoms with Gasteiger partial charge in [-0.3, -0.25) is 4.90 Å². The van der Waals surface area contributed by atoms with Crippen LogP contribution < -0.4 is 9.64 Å². The zero-order chi connectivity index (χ0) is 27.1. The number of anilines is 1. The number of alkyl halides is 3. The molecule has 2 fully saturated rings. The zero-order valence-corrected chi connectivity index (χ0v) is 21.8. The standard InChI is InChI=1S/C28H33F3N2O4/c1-6-36-25(34)27(4,5)37-24-17(2)14-19(15-18(24)3)16-32-22-8-7-9-23(22)33(26(32)35)21-12-10-20(11-13-21)28(29,30)31/h10-15,22-23H,6-9,16H2,1-5H3. The fraction of sp³-hybridized carbons (Fsp3) is 0.500. The first-order valence-electron chi connectivity index (χ1n) is 12.6. The Kier molecular flexibility index (Phi) is 7.18. The summed E-state index contributed by atoms with van der Waals surface area (Å²) < 4.78 is 50.3. The molecule has 2 aliphatic rings. The van der Waals surface area contributed by atoms with Gasteiger partial charge in [-0.25, -0.2) is 9.59 Å². The third-order valence-electron chi connectivity index (χ3n) is 7.10. The molecule has 1 saturated carbocycles. The number of nitrogens with zero attached hydrogens (tertiary/aromatic N) is 2. The number of halogens is 3. The first-order chi connectivity index (χ1) is 17.3. The van der Waals surface area contributed by atoms with Crippen LogP contribution in [0.1, 0.15) is 62.3 Å². The maximum atomic E-state index is 13.5. The third kappa shape index (κ3) is 5.26. The van der Waals surface area contributed by atoms with Crippen LogP contribution >= 0.6 is 0 Å². The highest BCUT2D eigenvalue weighted by Gasteiger charge is 2.48. The molecule has 9 heteroatoms. The Bertz CT molecular complexity index is 1150. The van der Waals surface area contributed by atoms with Gasteiger partial charge in [0, 0.05) is 12.2 Å². The average molecular weight is 519 g/mol. The summed E-state index contributed by atoms with van der Waals surface area (Å²) in [6.45, 7) is 9.50. The minimum Gasteiger partial charge on any atom is -0.476 e. The van der Waals surface area contributed by atoms with E-state index in [0.717, 1.165) is 48.1 Å². The lowest BCUT2D eigenvalue weighted by Gasteiger charge is -2.27. The Balaban J connectivity index is 1.56. The van der Waals surface area contributed by atoms with Crippen LogP contribution in [0.3, 0.4) is 0 Å². The molecule has 1 aliphatic carbocycles. The Morgan fingerprint density at radius 2 is 1.62 bits per heavy atom. The third-order valence-corrected chi connectivity index (χ3v) is 7.10. The molecule has 1 heterocycles. The minimum atomic E-state index is -4.42. The number of urea groups is 1. The van der Waals surface area contributed by atoms with Gasteiger partial charge in [0.2, 0.25) is 0 Å². The normalized spacial score (nSPS) is 19.8. The molecular formula is C28H33F3N2O4. The fourth-order valence-corrected chi connectivity index (χ4v) is 5.40. The van der Waals surface area contributed by atoms with E-state index in [4.69, 9.17) is 9.47 Å². The molecule has 2 atom stereocenters. The van der Waals surface area contributed by atoms with Crippen LogP contribution in [0.25, 0.3) is 0 Å². The second kappa shape index (κ2) is 9.91. The van der Waals surface area contributed by atoms with Crippen LogP contribution in [-0.4, -0.2) is 41.2 Å². The van der Waals surface area contributed by atoms with Gasteiger partial charge in [0.15, 0.2) is 5.60 Å². The number of carbonyl (C=O) groups excluding carboxylic acids is 2. The molecule has 2 aromatic rings. The first-order valence-corrected chi connectivity index (χ1v) is 12.6. The van der Waals surface area contributed by atoms with Crippen molar-refractivity contribution in [1.29, 1.82) is 0 Å². The highest BCUT2D eigenvalue weighted by atomic mass is 19.4. The Morgan fingerprint density at radius 3 is 2.19 bits per heavy atom. The van der Waals surface area contributed by atoms with Crippen molar-refractivity contribution in [2.75, 3.05) is 11.5 Å². The van der Waals surface area contributed by atoms with Crippen LogP contribution in [0.5, 0.6) is 5.75 Å². The van der Waals surface area contributed by atoms with Crippen molar-refractivity contribution in [2.45, 2.75) is 84.3 Å². The summed E-state index contributed by atoms with van der Waals surface area (Å²) in [4.78, 5) is 29.3. The number of esters is 1. The van der Waals surface area contributed by atoms with E-state index in [-0.39, 0.29) is 24.7 Å². The Labute approximate surface area is 215 Å². The van der Waals surface area contributed by atoms with E-state index in [1.807, 2.05) is 30.9 Å². The van der Waals surface area contributed by atoms with Gasteiger partial charge >= 0.3 is 18.2 Å². The quantitative estimate of drug-likeness (QED) is 0.398. The van der Waals surface area contributed by atoms with E-state index in [9.17, 15) is 22.8 Å². The summed E-state index contributed by atoms with van der Waals surface area (Å²) in [5.74, 6) is 0.149. The molecule has 2 unspecified atom stereocenters. The second-order valence-electron chi connectivity index (χ2n) is 10.3. The molecule has 4 rings (SSSR count). The van der Waals surface area contributed by atoms with E-state index in [0.29, 0.717) is 18.0 Å². The Morgan fingerprint density at radius 1 is 1.03 bits per heavy atom. The van der Waals surface area contributed by atoms with E-state index in [1.54, 1.807) is 25.7 Å². The summed E-state index contributed by atoms with van der Waals surface area (Å²) in [5.41, 5.74) is 1.18. The highest BCUT2D eigenvalue weighted by molar-refractivity contribution is 5.95. The zero-order valence-electron chi connectivity index (χ0n) is 21.8. The number of rotatable bonds is 7. The molecule has 0 N–H and O–H groups in total. The molecule has 0 aromatic heterocycles. The SMILES string of the molecule is CCOC(=O)C(C)(C)Oc1c(C)cc(CN2C(=O)N(c3ccc(C(F)(F)F)cc3)C3CCCC32)cc1C. The summed E-state index contributed by atoms with van der Waals surface area (Å²) in [5, 5.41) is 0. The molecule has 2 amide bonds. The number of carbonyl (C=O) groups is 2. The maximum Gasteiger partial charge on any atom is 0.416 e. The summed E-state index contributed by atoms with van der Waals surface area (Å²) in [6, 6.07) is 8.43. The van der Waals surface area contributed by atoms with Gasteiger partial charge in [0.1, 0.15) is 5.75 Å². The molecule has 37 heavy (non-hydrogen) atoms. The molecule has 0 bridgehead atoms. The molecule has 0 spiro atoms. The molecule has 1 aliphatic heterocycles. The monoisotopic (exact) mass is 518 g/mol. The molecule has 200 valence electrons. The van der Waals surface area contributed by atoms with Crippen molar-refractivity contribution in [2.24, 2.45) is 0 Å². The number of benzene rings is 2. The van der Waals surface area contributed by atoms with Crippen molar-refractivity contribution in [3.05, 3.63) is 58.7 Å². The summed E-state index contributed by atoms with van der Waals surface area (Å²) >= 11 is 0. The number of hydrogen-bond donors (Lipinski definition) is 0. The lowest BCUT2D eigenvalue weighted by molar-refractivity contribution is -0.158. The molecular weight excluding hydrogens is 485 g/mol. The van der Waals surface area contributed by atoms with Crippen LogP contribution in [-0.2, 0) is 22.3 Å². The largest absolute Gasteiger partial charge is 0.476 e. The van der Waals surface area contributed by atoms with Crippen molar-refractivity contribution in [1.82, 2.24) is 4.90 Å². The van der Waals surface area contributed by atoms with Gasteiger partial charge in [-0.1, -0.05) is 12.1 Å². The smallest absolute Gasteiger partial charge is 0.416 e. The van der Waals surface area contributed by atoms with Crippen LogP contribution in [0.4, 0.5) is 23.7 Å².